The highest BCUT2D eigenvalue weighted by atomic mass is 35.5. The Balaban J connectivity index is 2.66. The van der Waals surface area contributed by atoms with Gasteiger partial charge in [0.15, 0.2) is 0 Å². The Hall–Kier alpha value is -0.780. The normalized spacial score (nSPS) is 13.7. The smallest absolute Gasteiger partial charge is 0.310 e. The fourth-order valence-electron chi connectivity index (χ4n) is 2.27. The SMILES string of the molecule is CCNC(CCN(CC)CC(F)(F)F)c1cccc(Cl)c1. The van der Waals surface area contributed by atoms with E-state index >= 15 is 0 Å². The largest absolute Gasteiger partial charge is 0.401 e. The van der Waals surface area contributed by atoms with E-state index < -0.39 is 12.7 Å². The zero-order valence-corrected chi connectivity index (χ0v) is 13.1. The molecule has 0 aliphatic carbocycles. The second kappa shape index (κ2) is 8.61. The first kappa shape index (κ1) is 18.3. The Bertz CT molecular complexity index is 424. The Morgan fingerprint density at radius 2 is 2.00 bits per heavy atom. The van der Waals surface area contributed by atoms with E-state index in [9.17, 15) is 13.2 Å². The van der Waals surface area contributed by atoms with E-state index in [1.54, 1.807) is 13.0 Å². The summed E-state index contributed by atoms with van der Waals surface area (Å²) in [6.07, 6.45) is -3.54. The van der Waals surface area contributed by atoms with Gasteiger partial charge in [0.05, 0.1) is 6.54 Å². The average Bonchev–Trinajstić information content (AvgIpc) is 2.40. The molecule has 1 atom stereocenters. The zero-order valence-electron chi connectivity index (χ0n) is 12.4. The second-order valence-electron chi connectivity index (χ2n) is 4.94. The monoisotopic (exact) mass is 322 g/mol. The molecule has 0 fully saturated rings. The molecule has 0 saturated carbocycles. The van der Waals surface area contributed by atoms with Crippen LogP contribution in [0.4, 0.5) is 13.2 Å². The van der Waals surface area contributed by atoms with Crippen LogP contribution < -0.4 is 5.32 Å². The molecule has 1 unspecified atom stereocenters. The summed E-state index contributed by atoms with van der Waals surface area (Å²) in [5, 5.41) is 3.94. The highest BCUT2D eigenvalue weighted by Gasteiger charge is 2.30. The van der Waals surface area contributed by atoms with Gasteiger partial charge in [0.1, 0.15) is 0 Å². The third-order valence-corrected chi connectivity index (χ3v) is 3.52. The fourth-order valence-corrected chi connectivity index (χ4v) is 2.47. The van der Waals surface area contributed by atoms with Gasteiger partial charge in [0, 0.05) is 17.6 Å². The standard InChI is InChI=1S/C15H22ClF3N2/c1-3-20-14(12-6-5-7-13(16)10-12)8-9-21(4-2)11-15(17,18)19/h5-7,10,14,20H,3-4,8-9,11H2,1-2H3. The number of alkyl halides is 3. The third kappa shape index (κ3) is 7.16. The van der Waals surface area contributed by atoms with Crippen LogP contribution in [0.2, 0.25) is 5.02 Å². The van der Waals surface area contributed by atoms with Gasteiger partial charge in [-0.3, -0.25) is 4.90 Å². The molecule has 0 aliphatic rings. The van der Waals surface area contributed by atoms with Crippen LogP contribution >= 0.6 is 11.6 Å². The van der Waals surface area contributed by atoms with Gasteiger partial charge in [-0.15, -0.1) is 0 Å². The molecule has 0 spiro atoms. The predicted octanol–water partition coefficient (Wildman–Crippen LogP) is 4.26. The van der Waals surface area contributed by atoms with Crippen LogP contribution in [0.5, 0.6) is 0 Å². The van der Waals surface area contributed by atoms with Crippen LogP contribution in [0.25, 0.3) is 0 Å². The molecule has 6 heteroatoms. The molecular formula is C15H22ClF3N2. The predicted molar refractivity (Wildman–Crippen MR) is 80.7 cm³/mol. The van der Waals surface area contributed by atoms with Crippen LogP contribution in [0.3, 0.4) is 0 Å². The van der Waals surface area contributed by atoms with Crippen LogP contribution in [0.1, 0.15) is 31.9 Å². The summed E-state index contributed by atoms with van der Waals surface area (Å²) in [5.41, 5.74) is 1.01. The van der Waals surface area contributed by atoms with Crippen molar-refractivity contribution in [1.29, 1.82) is 0 Å². The van der Waals surface area contributed by atoms with Gasteiger partial charge < -0.3 is 5.32 Å². The quantitative estimate of drug-likeness (QED) is 0.769. The first-order valence-corrected chi connectivity index (χ1v) is 7.51. The van der Waals surface area contributed by atoms with Crippen LogP contribution in [-0.4, -0.2) is 37.3 Å². The molecule has 0 bridgehead atoms. The molecule has 1 rings (SSSR count). The van der Waals surface area contributed by atoms with E-state index in [-0.39, 0.29) is 6.04 Å². The van der Waals surface area contributed by atoms with Gasteiger partial charge in [-0.05, 0) is 37.2 Å². The van der Waals surface area contributed by atoms with E-state index in [1.807, 2.05) is 25.1 Å². The molecule has 0 amide bonds. The molecule has 21 heavy (non-hydrogen) atoms. The number of hydrogen-bond acceptors (Lipinski definition) is 2. The lowest BCUT2D eigenvalue weighted by atomic mass is 10.0. The van der Waals surface area contributed by atoms with Gasteiger partial charge in [-0.25, -0.2) is 0 Å². The van der Waals surface area contributed by atoms with Crippen molar-refractivity contribution in [3.05, 3.63) is 34.9 Å². The van der Waals surface area contributed by atoms with Crippen molar-refractivity contribution in [3.63, 3.8) is 0 Å². The zero-order chi connectivity index (χ0) is 15.9. The molecule has 0 aromatic heterocycles. The number of hydrogen-bond donors (Lipinski definition) is 1. The maximum atomic E-state index is 12.5. The van der Waals surface area contributed by atoms with Crippen molar-refractivity contribution in [1.82, 2.24) is 10.2 Å². The van der Waals surface area contributed by atoms with Crippen LogP contribution in [0, 0.1) is 0 Å². The molecule has 0 radical (unpaired) electrons. The Labute approximate surface area is 129 Å². The van der Waals surface area contributed by atoms with E-state index in [0.717, 1.165) is 12.1 Å². The van der Waals surface area contributed by atoms with Crippen molar-refractivity contribution < 1.29 is 13.2 Å². The summed E-state index contributed by atoms with van der Waals surface area (Å²) < 4.78 is 37.4. The molecule has 0 heterocycles. The molecule has 1 N–H and O–H groups in total. The number of halogens is 4. The van der Waals surface area contributed by atoms with Crippen LogP contribution in [-0.2, 0) is 0 Å². The lowest BCUT2D eigenvalue weighted by Crippen LogP contribution is -2.36. The topological polar surface area (TPSA) is 15.3 Å². The Kier molecular flexibility index (Phi) is 7.49. The summed E-state index contributed by atoms with van der Waals surface area (Å²) in [7, 11) is 0. The first-order valence-electron chi connectivity index (χ1n) is 7.13. The van der Waals surface area contributed by atoms with E-state index in [1.165, 1.54) is 4.90 Å². The third-order valence-electron chi connectivity index (χ3n) is 3.29. The van der Waals surface area contributed by atoms with E-state index in [4.69, 9.17) is 11.6 Å². The van der Waals surface area contributed by atoms with Crippen molar-refractivity contribution in [2.45, 2.75) is 32.5 Å². The molecule has 2 nitrogen and oxygen atoms in total. The summed E-state index contributed by atoms with van der Waals surface area (Å²) >= 11 is 5.98. The summed E-state index contributed by atoms with van der Waals surface area (Å²) in [5.74, 6) is 0. The maximum absolute atomic E-state index is 12.5. The molecule has 1 aromatic carbocycles. The van der Waals surface area contributed by atoms with Crippen molar-refractivity contribution in [3.8, 4) is 0 Å². The maximum Gasteiger partial charge on any atom is 0.401 e. The van der Waals surface area contributed by atoms with Gasteiger partial charge in [0.25, 0.3) is 0 Å². The summed E-state index contributed by atoms with van der Waals surface area (Å²) in [4.78, 5) is 1.41. The average molecular weight is 323 g/mol. The van der Waals surface area contributed by atoms with Crippen molar-refractivity contribution in [2.75, 3.05) is 26.2 Å². The number of rotatable bonds is 8. The highest BCUT2D eigenvalue weighted by Crippen LogP contribution is 2.22. The van der Waals surface area contributed by atoms with Crippen LogP contribution in [0.15, 0.2) is 24.3 Å². The Morgan fingerprint density at radius 1 is 1.29 bits per heavy atom. The minimum Gasteiger partial charge on any atom is -0.310 e. The molecule has 1 aromatic rings. The Morgan fingerprint density at radius 3 is 2.52 bits per heavy atom. The summed E-state index contributed by atoms with van der Waals surface area (Å²) in [6, 6.07) is 7.45. The molecule has 120 valence electrons. The van der Waals surface area contributed by atoms with E-state index in [2.05, 4.69) is 5.32 Å². The van der Waals surface area contributed by atoms with Gasteiger partial charge in [-0.1, -0.05) is 37.6 Å². The minimum absolute atomic E-state index is 0.0102. The first-order chi connectivity index (χ1) is 9.85. The van der Waals surface area contributed by atoms with Gasteiger partial charge in [-0.2, -0.15) is 13.2 Å². The van der Waals surface area contributed by atoms with Crippen molar-refractivity contribution >= 4 is 11.6 Å². The fraction of sp³-hybridized carbons (Fsp3) is 0.600. The lowest BCUT2D eigenvalue weighted by Gasteiger charge is -2.25. The van der Waals surface area contributed by atoms with E-state index in [0.29, 0.717) is 24.5 Å². The molecular weight excluding hydrogens is 301 g/mol. The number of benzene rings is 1. The lowest BCUT2D eigenvalue weighted by molar-refractivity contribution is -0.145. The minimum atomic E-state index is -4.15. The number of nitrogens with zero attached hydrogens (tertiary/aromatic N) is 1. The molecule has 0 aliphatic heterocycles. The van der Waals surface area contributed by atoms with Crippen molar-refractivity contribution in [2.24, 2.45) is 0 Å². The van der Waals surface area contributed by atoms with Gasteiger partial charge in [0.2, 0.25) is 0 Å². The highest BCUT2D eigenvalue weighted by molar-refractivity contribution is 6.30. The van der Waals surface area contributed by atoms with Gasteiger partial charge >= 0.3 is 6.18 Å². The second-order valence-corrected chi connectivity index (χ2v) is 5.37. The molecule has 0 saturated heterocycles. The summed E-state index contributed by atoms with van der Waals surface area (Å²) in [6.45, 7) is 4.38. The number of nitrogens with one attached hydrogen (secondary N) is 1.